The van der Waals surface area contributed by atoms with Gasteiger partial charge in [0, 0.05) is 12.7 Å². The van der Waals surface area contributed by atoms with Crippen molar-refractivity contribution in [3.05, 3.63) is 23.8 Å². The number of pyridine rings is 1. The van der Waals surface area contributed by atoms with Gasteiger partial charge in [0.2, 0.25) is 0 Å². The lowest BCUT2D eigenvalue weighted by molar-refractivity contribution is 0.229. The molecule has 0 aromatic carbocycles. The number of nitrogens with two attached hydrogens (primary N) is 1. The van der Waals surface area contributed by atoms with Gasteiger partial charge in [-0.15, -0.1) is 12.4 Å². The molecule has 8 heteroatoms. The Hall–Kier alpha value is -1.99. The van der Waals surface area contributed by atoms with Crippen LogP contribution in [0.15, 0.2) is 16.8 Å². The van der Waals surface area contributed by atoms with Gasteiger partial charge in [0.15, 0.2) is 11.5 Å². The molecule has 4 rings (SSSR count). The minimum Gasteiger partial charge on any atom is -0.334 e. The topological polar surface area (TPSA) is 95.6 Å². The zero-order valence-corrected chi connectivity index (χ0v) is 13.2. The van der Waals surface area contributed by atoms with E-state index < -0.39 is 5.54 Å². The highest BCUT2D eigenvalue weighted by Crippen LogP contribution is 2.38. The van der Waals surface area contributed by atoms with Crippen LogP contribution in [-0.4, -0.2) is 24.9 Å². The first-order chi connectivity index (χ1) is 10.1. The van der Waals surface area contributed by atoms with Gasteiger partial charge in [-0.3, -0.25) is 4.68 Å². The second-order valence-electron chi connectivity index (χ2n) is 5.75. The zero-order chi connectivity index (χ0) is 14.6. The molecule has 3 aromatic rings. The predicted molar refractivity (Wildman–Crippen MR) is 83.5 cm³/mol. The normalized spacial score (nSPS) is 16.3. The fourth-order valence-corrected chi connectivity index (χ4v) is 2.73. The summed E-state index contributed by atoms with van der Waals surface area (Å²) >= 11 is 0. The van der Waals surface area contributed by atoms with E-state index in [0.717, 1.165) is 41.6 Å². The molecular weight excluding hydrogens is 304 g/mol. The summed E-state index contributed by atoms with van der Waals surface area (Å²) in [5.41, 5.74) is 8.37. The number of halogens is 1. The van der Waals surface area contributed by atoms with E-state index in [9.17, 15) is 0 Å². The largest absolute Gasteiger partial charge is 0.334 e. The summed E-state index contributed by atoms with van der Waals surface area (Å²) in [4.78, 5) is 9.00. The molecule has 0 amide bonds. The monoisotopic (exact) mass is 320 g/mol. The molecule has 0 bridgehead atoms. The second-order valence-corrected chi connectivity index (χ2v) is 5.75. The molecule has 0 spiro atoms. The van der Waals surface area contributed by atoms with Crippen LogP contribution in [0.4, 0.5) is 0 Å². The molecule has 0 aliphatic heterocycles. The van der Waals surface area contributed by atoms with Crippen LogP contribution >= 0.6 is 12.4 Å². The Morgan fingerprint density at radius 3 is 2.77 bits per heavy atom. The fraction of sp³-hybridized carbons (Fsp3) is 0.429. The third-order valence-electron chi connectivity index (χ3n) is 4.18. The fourth-order valence-electron chi connectivity index (χ4n) is 2.73. The lowest BCUT2D eigenvalue weighted by atomic mass is 9.77. The standard InChI is InChI=1S/C14H16N6O.ClH/c1-8-6-9(10-7-16-20(2)11(10)17-8)12-18-13(19-21-12)14(15)4-3-5-14;/h6-7H,3-5,15H2,1-2H3;1H. The molecule has 0 saturated heterocycles. The van der Waals surface area contributed by atoms with Crippen molar-refractivity contribution in [2.75, 3.05) is 0 Å². The zero-order valence-electron chi connectivity index (χ0n) is 12.4. The summed E-state index contributed by atoms with van der Waals surface area (Å²) in [6.07, 6.45) is 4.69. The average Bonchev–Trinajstić information content (AvgIpc) is 3.04. The lowest BCUT2D eigenvalue weighted by Gasteiger charge is -2.34. The van der Waals surface area contributed by atoms with Crippen molar-refractivity contribution in [1.82, 2.24) is 24.9 Å². The Morgan fingerprint density at radius 1 is 1.32 bits per heavy atom. The molecule has 116 valence electrons. The molecule has 3 aromatic heterocycles. The van der Waals surface area contributed by atoms with Crippen LogP contribution < -0.4 is 5.73 Å². The van der Waals surface area contributed by atoms with Crippen LogP contribution in [0, 0.1) is 6.92 Å². The number of aryl methyl sites for hydroxylation is 2. The van der Waals surface area contributed by atoms with Crippen LogP contribution in [0.5, 0.6) is 0 Å². The molecule has 22 heavy (non-hydrogen) atoms. The van der Waals surface area contributed by atoms with Crippen molar-refractivity contribution in [1.29, 1.82) is 0 Å². The maximum atomic E-state index is 6.25. The number of rotatable bonds is 2. The lowest BCUT2D eigenvalue weighted by Crippen LogP contribution is -2.44. The minimum absolute atomic E-state index is 0. The van der Waals surface area contributed by atoms with Gasteiger partial charge in [-0.25, -0.2) is 4.98 Å². The quantitative estimate of drug-likeness (QED) is 0.776. The summed E-state index contributed by atoms with van der Waals surface area (Å²) in [6, 6.07) is 1.94. The van der Waals surface area contributed by atoms with Crippen molar-refractivity contribution in [3.63, 3.8) is 0 Å². The molecule has 0 atom stereocenters. The minimum atomic E-state index is -0.419. The molecule has 7 nitrogen and oxygen atoms in total. The van der Waals surface area contributed by atoms with Crippen LogP contribution in [0.1, 0.15) is 30.8 Å². The Bertz CT molecular complexity index is 835. The van der Waals surface area contributed by atoms with Gasteiger partial charge in [-0.05, 0) is 32.3 Å². The first-order valence-corrected chi connectivity index (χ1v) is 7.00. The molecule has 2 N–H and O–H groups in total. The second kappa shape index (κ2) is 5.03. The van der Waals surface area contributed by atoms with Gasteiger partial charge in [0.05, 0.1) is 22.7 Å². The van der Waals surface area contributed by atoms with Crippen LogP contribution in [0.25, 0.3) is 22.5 Å². The number of hydrogen-bond donors (Lipinski definition) is 1. The van der Waals surface area contributed by atoms with E-state index in [1.165, 1.54) is 0 Å². The van der Waals surface area contributed by atoms with Gasteiger partial charge in [-0.1, -0.05) is 5.16 Å². The predicted octanol–water partition coefficient (Wildman–Crippen LogP) is 2.09. The van der Waals surface area contributed by atoms with Crippen LogP contribution in [0.3, 0.4) is 0 Å². The molecule has 0 radical (unpaired) electrons. The molecular formula is C14H17ClN6O. The van der Waals surface area contributed by atoms with E-state index in [4.69, 9.17) is 10.3 Å². The van der Waals surface area contributed by atoms with Crippen molar-refractivity contribution >= 4 is 23.4 Å². The Morgan fingerprint density at radius 2 is 2.09 bits per heavy atom. The maximum absolute atomic E-state index is 6.25. The summed E-state index contributed by atoms with van der Waals surface area (Å²) in [7, 11) is 1.86. The highest BCUT2D eigenvalue weighted by atomic mass is 35.5. The molecule has 1 aliphatic carbocycles. The van der Waals surface area contributed by atoms with Gasteiger partial charge in [-0.2, -0.15) is 10.1 Å². The van der Waals surface area contributed by atoms with Gasteiger partial charge in [0.25, 0.3) is 5.89 Å². The van der Waals surface area contributed by atoms with Gasteiger partial charge in [0.1, 0.15) is 0 Å². The van der Waals surface area contributed by atoms with E-state index in [0.29, 0.717) is 11.7 Å². The number of aromatic nitrogens is 5. The SMILES string of the molecule is Cc1cc(-c2nc(C3(N)CCC3)no2)c2cnn(C)c2n1.Cl. The molecule has 3 heterocycles. The molecule has 0 unspecified atom stereocenters. The van der Waals surface area contributed by atoms with Gasteiger partial charge < -0.3 is 10.3 Å². The highest BCUT2D eigenvalue weighted by Gasteiger charge is 2.39. The summed E-state index contributed by atoms with van der Waals surface area (Å²) in [5, 5.41) is 9.22. The summed E-state index contributed by atoms with van der Waals surface area (Å²) in [5.74, 6) is 1.07. The van der Waals surface area contributed by atoms with Crippen molar-refractivity contribution in [2.45, 2.75) is 31.7 Å². The third kappa shape index (κ3) is 2.08. The highest BCUT2D eigenvalue weighted by molar-refractivity contribution is 5.90. The first-order valence-electron chi connectivity index (χ1n) is 7.00. The maximum Gasteiger partial charge on any atom is 0.258 e. The van der Waals surface area contributed by atoms with E-state index in [-0.39, 0.29) is 12.4 Å². The van der Waals surface area contributed by atoms with Crippen LogP contribution in [0.2, 0.25) is 0 Å². The van der Waals surface area contributed by atoms with E-state index in [1.807, 2.05) is 20.0 Å². The first kappa shape index (κ1) is 14.9. The number of nitrogens with zero attached hydrogens (tertiary/aromatic N) is 5. The third-order valence-corrected chi connectivity index (χ3v) is 4.18. The van der Waals surface area contributed by atoms with E-state index in [1.54, 1.807) is 10.9 Å². The van der Waals surface area contributed by atoms with Crippen molar-refractivity contribution < 1.29 is 4.52 Å². The van der Waals surface area contributed by atoms with Gasteiger partial charge >= 0.3 is 0 Å². The summed E-state index contributed by atoms with van der Waals surface area (Å²) in [6.45, 7) is 1.93. The van der Waals surface area contributed by atoms with Crippen molar-refractivity contribution in [3.8, 4) is 11.5 Å². The summed E-state index contributed by atoms with van der Waals surface area (Å²) < 4.78 is 7.17. The number of fused-ring (bicyclic) bond motifs is 1. The Balaban J connectivity index is 0.00000144. The average molecular weight is 321 g/mol. The van der Waals surface area contributed by atoms with Crippen molar-refractivity contribution in [2.24, 2.45) is 12.8 Å². The molecule has 1 saturated carbocycles. The number of hydrogen-bond acceptors (Lipinski definition) is 6. The Kier molecular flexibility index (Phi) is 3.41. The van der Waals surface area contributed by atoms with E-state index in [2.05, 4.69) is 20.2 Å². The Labute approximate surface area is 133 Å². The molecule has 1 aliphatic rings. The van der Waals surface area contributed by atoms with E-state index >= 15 is 0 Å². The smallest absolute Gasteiger partial charge is 0.258 e. The molecule has 1 fully saturated rings. The van der Waals surface area contributed by atoms with Crippen LogP contribution in [-0.2, 0) is 12.6 Å².